The van der Waals surface area contributed by atoms with Crippen LogP contribution in [0.1, 0.15) is 25.6 Å². The van der Waals surface area contributed by atoms with Crippen molar-refractivity contribution in [3.8, 4) is 11.6 Å². The van der Waals surface area contributed by atoms with Crippen LogP contribution in [0.5, 0.6) is 11.6 Å². The Bertz CT molecular complexity index is 624. The van der Waals surface area contributed by atoms with E-state index in [-0.39, 0.29) is 17.9 Å². The van der Waals surface area contributed by atoms with Crippen molar-refractivity contribution in [3.05, 3.63) is 24.2 Å². The predicted molar refractivity (Wildman–Crippen MR) is 69.3 cm³/mol. The summed E-state index contributed by atoms with van der Waals surface area (Å²) in [6.45, 7) is 3.84. The largest absolute Gasteiger partial charge is 0.436 e. The summed E-state index contributed by atoms with van der Waals surface area (Å²) >= 11 is 0. The summed E-state index contributed by atoms with van der Waals surface area (Å²) in [6.07, 6.45) is -1.58. The Hall–Kier alpha value is -2.32. The van der Waals surface area contributed by atoms with Gasteiger partial charge in [0.1, 0.15) is 0 Å². The van der Waals surface area contributed by atoms with Crippen molar-refractivity contribution in [3.63, 3.8) is 0 Å². The molecular weight excluding hydrogens is 287 g/mol. The number of halogens is 3. The molecule has 0 fully saturated rings. The standard InChI is InChI=1S/C12H14F3N5O/c1-7(2)20-6-8(5-17-20)21-10-4-9(12(13,14)15)18-11(16-3)19-10/h4-7H,1-3H3,(H,16,18,19). The lowest BCUT2D eigenvalue weighted by molar-refractivity contribution is -0.141. The van der Waals surface area contributed by atoms with Crippen molar-refractivity contribution in [2.75, 3.05) is 12.4 Å². The summed E-state index contributed by atoms with van der Waals surface area (Å²) in [5, 5.41) is 6.50. The zero-order valence-electron chi connectivity index (χ0n) is 11.6. The number of hydrogen-bond donors (Lipinski definition) is 1. The highest BCUT2D eigenvalue weighted by atomic mass is 19.4. The van der Waals surface area contributed by atoms with E-state index in [4.69, 9.17) is 4.74 Å². The van der Waals surface area contributed by atoms with Gasteiger partial charge in [-0.1, -0.05) is 0 Å². The highest BCUT2D eigenvalue weighted by Crippen LogP contribution is 2.31. The third kappa shape index (κ3) is 3.61. The van der Waals surface area contributed by atoms with Gasteiger partial charge in [0.25, 0.3) is 0 Å². The molecule has 2 rings (SSSR count). The van der Waals surface area contributed by atoms with Crippen molar-refractivity contribution < 1.29 is 17.9 Å². The Balaban J connectivity index is 2.30. The van der Waals surface area contributed by atoms with E-state index < -0.39 is 11.9 Å². The number of hydrogen-bond acceptors (Lipinski definition) is 5. The average molecular weight is 301 g/mol. The highest BCUT2D eigenvalue weighted by Gasteiger charge is 2.34. The van der Waals surface area contributed by atoms with Gasteiger partial charge in [0.05, 0.1) is 12.4 Å². The van der Waals surface area contributed by atoms with E-state index in [0.717, 1.165) is 6.07 Å². The van der Waals surface area contributed by atoms with Gasteiger partial charge in [0.15, 0.2) is 11.4 Å². The summed E-state index contributed by atoms with van der Waals surface area (Å²) < 4.78 is 45.2. The quantitative estimate of drug-likeness (QED) is 0.940. The molecule has 0 saturated carbocycles. The molecule has 0 saturated heterocycles. The normalized spacial score (nSPS) is 11.8. The third-order valence-electron chi connectivity index (χ3n) is 2.55. The van der Waals surface area contributed by atoms with Crippen molar-refractivity contribution in [2.24, 2.45) is 0 Å². The van der Waals surface area contributed by atoms with Crippen molar-refractivity contribution in [1.29, 1.82) is 0 Å². The summed E-state index contributed by atoms with van der Waals surface area (Å²) in [4.78, 5) is 7.18. The monoisotopic (exact) mass is 301 g/mol. The van der Waals surface area contributed by atoms with E-state index >= 15 is 0 Å². The second-order valence-corrected chi connectivity index (χ2v) is 4.51. The Morgan fingerprint density at radius 1 is 1.29 bits per heavy atom. The van der Waals surface area contributed by atoms with Gasteiger partial charge in [-0.25, -0.2) is 4.98 Å². The van der Waals surface area contributed by atoms with Gasteiger partial charge in [-0.15, -0.1) is 0 Å². The minimum Gasteiger partial charge on any atom is -0.436 e. The number of ether oxygens (including phenoxy) is 1. The number of anilines is 1. The fraction of sp³-hybridized carbons (Fsp3) is 0.417. The second kappa shape index (κ2) is 5.58. The minimum atomic E-state index is -4.57. The highest BCUT2D eigenvalue weighted by molar-refractivity contribution is 5.33. The molecule has 114 valence electrons. The van der Waals surface area contributed by atoms with E-state index in [2.05, 4.69) is 20.4 Å². The molecule has 21 heavy (non-hydrogen) atoms. The first-order valence-electron chi connectivity index (χ1n) is 6.15. The molecule has 1 N–H and O–H groups in total. The lowest BCUT2D eigenvalue weighted by Crippen LogP contribution is -2.11. The molecule has 0 aliphatic heterocycles. The number of nitrogens with one attached hydrogen (secondary N) is 1. The van der Waals surface area contributed by atoms with Crippen LogP contribution < -0.4 is 10.1 Å². The first-order chi connectivity index (χ1) is 9.79. The van der Waals surface area contributed by atoms with E-state index in [9.17, 15) is 13.2 Å². The average Bonchev–Trinajstić information content (AvgIpc) is 2.86. The van der Waals surface area contributed by atoms with Gasteiger partial charge in [-0.3, -0.25) is 4.68 Å². The van der Waals surface area contributed by atoms with Crippen LogP contribution in [0.15, 0.2) is 18.5 Å². The first-order valence-corrected chi connectivity index (χ1v) is 6.15. The number of nitrogens with zero attached hydrogens (tertiary/aromatic N) is 4. The van der Waals surface area contributed by atoms with Crippen LogP contribution in [0.3, 0.4) is 0 Å². The lowest BCUT2D eigenvalue weighted by atomic mass is 10.4. The summed E-state index contributed by atoms with van der Waals surface area (Å²) in [6, 6.07) is 0.861. The van der Waals surface area contributed by atoms with Crippen LogP contribution in [0.4, 0.5) is 19.1 Å². The maximum atomic E-state index is 12.7. The molecule has 2 aromatic rings. The smallest absolute Gasteiger partial charge is 0.433 e. The van der Waals surface area contributed by atoms with Crippen molar-refractivity contribution >= 4 is 5.95 Å². The van der Waals surface area contributed by atoms with Gasteiger partial charge in [0.2, 0.25) is 11.8 Å². The van der Waals surface area contributed by atoms with E-state index in [1.165, 1.54) is 13.2 Å². The summed E-state index contributed by atoms with van der Waals surface area (Å²) in [5.41, 5.74) is -1.08. The molecule has 0 unspecified atom stereocenters. The number of rotatable bonds is 4. The third-order valence-corrected chi connectivity index (χ3v) is 2.55. The van der Waals surface area contributed by atoms with Gasteiger partial charge < -0.3 is 10.1 Å². The Kier molecular flexibility index (Phi) is 4.01. The Morgan fingerprint density at radius 2 is 2.00 bits per heavy atom. The lowest BCUT2D eigenvalue weighted by Gasteiger charge is -2.10. The number of aromatic nitrogens is 4. The van der Waals surface area contributed by atoms with Crippen LogP contribution >= 0.6 is 0 Å². The molecule has 0 radical (unpaired) electrons. The summed E-state index contributed by atoms with van der Waals surface area (Å²) in [5.74, 6) is -0.0707. The maximum Gasteiger partial charge on any atom is 0.433 e. The fourth-order valence-electron chi connectivity index (χ4n) is 1.51. The van der Waals surface area contributed by atoms with Gasteiger partial charge in [-0.05, 0) is 13.8 Å². The SMILES string of the molecule is CNc1nc(Oc2cnn(C(C)C)c2)cc(C(F)(F)F)n1. The Morgan fingerprint density at radius 3 is 2.52 bits per heavy atom. The van der Waals surface area contributed by atoms with Gasteiger partial charge >= 0.3 is 6.18 Å². The topological polar surface area (TPSA) is 64.9 Å². The second-order valence-electron chi connectivity index (χ2n) is 4.51. The zero-order chi connectivity index (χ0) is 15.6. The van der Waals surface area contributed by atoms with Gasteiger partial charge in [-0.2, -0.15) is 23.3 Å². The predicted octanol–water partition coefficient (Wildman–Crippen LogP) is 3.11. The van der Waals surface area contributed by atoms with Crippen LogP contribution in [-0.4, -0.2) is 26.8 Å². The minimum absolute atomic E-state index is 0.117. The van der Waals surface area contributed by atoms with E-state index in [1.54, 1.807) is 10.9 Å². The van der Waals surface area contributed by atoms with Crippen molar-refractivity contribution in [1.82, 2.24) is 19.7 Å². The molecule has 0 amide bonds. The maximum absolute atomic E-state index is 12.7. The molecule has 0 spiro atoms. The van der Waals surface area contributed by atoms with Crippen molar-refractivity contribution in [2.45, 2.75) is 26.1 Å². The molecule has 0 atom stereocenters. The van der Waals surface area contributed by atoms with E-state index in [0.29, 0.717) is 5.75 Å². The van der Waals surface area contributed by atoms with Crippen LogP contribution in [0.25, 0.3) is 0 Å². The zero-order valence-corrected chi connectivity index (χ0v) is 11.6. The molecule has 0 bridgehead atoms. The molecule has 0 aromatic carbocycles. The number of alkyl halides is 3. The first kappa shape index (κ1) is 15.1. The fourth-order valence-corrected chi connectivity index (χ4v) is 1.51. The Labute approximate surface area is 119 Å². The molecule has 2 heterocycles. The molecule has 9 heteroatoms. The van der Waals surface area contributed by atoms with Crippen LogP contribution in [-0.2, 0) is 6.18 Å². The molecular formula is C12H14F3N5O. The molecule has 0 aliphatic carbocycles. The van der Waals surface area contributed by atoms with Gasteiger partial charge in [0, 0.05) is 19.2 Å². The molecule has 2 aromatic heterocycles. The van der Waals surface area contributed by atoms with E-state index in [1.807, 2.05) is 13.8 Å². The van der Waals surface area contributed by atoms with Crippen LogP contribution in [0.2, 0.25) is 0 Å². The molecule has 0 aliphatic rings. The van der Waals surface area contributed by atoms with Crippen LogP contribution in [0, 0.1) is 0 Å². The molecule has 6 nitrogen and oxygen atoms in total. The summed E-state index contributed by atoms with van der Waals surface area (Å²) in [7, 11) is 1.43.